The summed E-state index contributed by atoms with van der Waals surface area (Å²) in [5.74, 6) is -0.195. The first-order chi connectivity index (χ1) is 9.99. The summed E-state index contributed by atoms with van der Waals surface area (Å²) in [6.07, 6.45) is 3.07. The van der Waals surface area contributed by atoms with Gasteiger partial charge in [-0.05, 0) is 31.2 Å². The lowest BCUT2D eigenvalue weighted by Gasteiger charge is -2.25. The van der Waals surface area contributed by atoms with Crippen LogP contribution in [0.2, 0.25) is 5.02 Å². The smallest absolute Gasteiger partial charge is 0.288 e. The quantitative estimate of drug-likeness (QED) is 0.660. The minimum absolute atomic E-state index is 0.0993. The lowest BCUT2D eigenvalue weighted by Crippen LogP contribution is -2.33. The van der Waals surface area contributed by atoms with Crippen molar-refractivity contribution in [1.29, 1.82) is 0 Å². The summed E-state index contributed by atoms with van der Waals surface area (Å²) in [4.78, 5) is 22.3. The van der Waals surface area contributed by atoms with E-state index in [-0.39, 0.29) is 28.3 Å². The number of amides is 1. The Morgan fingerprint density at radius 2 is 2.24 bits per heavy atom. The van der Waals surface area contributed by atoms with Gasteiger partial charge in [-0.15, -0.1) is 0 Å². The molecule has 2 rings (SSSR count). The molecule has 0 bridgehead atoms. The lowest BCUT2D eigenvalue weighted by molar-refractivity contribution is -0.384. The first-order valence-electron chi connectivity index (χ1n) is 6.88. The molecule has 0 aromatic heterocycles. The van der Waals surface area contributed by atoms with E-state index in [2.05, 4.69) is 5.32 Å². The van der Waals surface area contributed by atoms with E-state index in [1.54, 1.807) is 0 Å². The van der Waals surface area contributed by atoms with Crippen LogP contribution in [-0.2, 0) is 0 Å². The van der Waals surface area contributed by atoms with E-state index in [9.17, 15) is 20.0 Å². The average Bonchev–Trinajstić information content (AvgIpc) is 2.45. The Labute approximate surface area is 127 Å². The maximum Gasteiger partial charge on any atom is 0.288 e. The molecule has 0 spiro atoms. The summed E-state index contributed by atoms with van der Waals surface area (Å²) >= 11 is 5.90. The molecule has 6 nitrogen and oxygen atoms in total. The van der Waals surface area contributed by atoms with E-state index in [0.29, 0.717) is 13.0 Å². The molecule has 1 aromatic carbocycles. The van der Waals surface area contributed by atoms with E-state index >= 15 is 0 Å². The van der Waals surface area contributed by atoms with Gasteiger partial charge in [0.25, 0.3) is 11.6 Å². The van der Waals surface area contributed by atoms with E-state index in [1.165, 1.54) is 18.2 Å². The van der Waals surface area contributed by atoms with Crippen LogP contribution in [0.1, 0.15) is 36.0 Å². The van der Waals surface area contributed by atoms with Gasteiger partial charge in [-0.25, -0.2) is 0 Å². The molecular weight excluding hydrogens is 296 g/mol. The Morgan fingerprint density at radius 1 is 1.48 bits per heavy atom. The number of halogens is 1. The second kappa shape index (κ2) is 6.87. The maximum atomic E-state index is 12.1. The summed E-state index contributed by atoms with van der Waals surface area (Å²) in [7, 11) is 0. The van der Waals surface area contributed by atoms with Crippen molar-refractivity contribution in [3.05, 3.63) is 38.9 Å². The molecule has 1 fully saturated rings. The predicted octanol–water partition coefficient (Wildman–Crippen LogP) is 2.53. The summed E-state index contributed by atoms with van der Waals surface area (Å²) in [6, 6.07) is 4.15. The van der Waals surface area contributed by atoms with E-state index in [4.69, 9.17) is 11.6 Å². The van der Waals surface area contributed by atoms with Crippen LogP contribution < -0.4 is 5.32 Å². The largest absolute Gasteiger partial charge is 0.393 e. The first kappa shape index (κ1) is 15.7. The normalized spacial score (nSPS) is 21.8. The lowest BCUT2D eigenvalue weighted by atomic mass is 9.87. The van der Waals surface area contributed by atoms with Crippen LogP contribution >= 0.6 is 11.6 Å². The fraction of sp³-hybridized carbons (Fsp3) is 0.500. The molecule has 21 heavy (non-hydrogen) atoms. The van der Waals surface area contributed by atoms with E-state index in [1.807, 2.05) is 0 Å². The number of hydrogen-bond donors (Lipinski definition) is 2. The van der Waals surface area contributed by atoms with Crippen molar-refractivity contribution < 1.29 is 14.8 Å². The zero-order valence-corrected chi connectivity index (χ0v) is 12.2. The molecule has 0 heterocycles. The maximum absolute atomic E-state index is 12.1. The van der Waals surface area contributed by atoms with Gasteiger partial charge in [0.1, 0.15) is 5.02 Å². The van der Waals surface area contributed by atoms with Crippen molar-refractivity contribution in [3.63, 3.8) is 0 Å². The van der Waals surface area contributed by atoms with Gasteiger partial charge in [0.2, 0.25) is 0 Å². The molecule has 7 heteroatoms. The molecule has 2 N–H and O–H groups in total. The Balaban J connectivity index is 2.00. The second-order valence-corrected chi connectivity index (χ2v) is 5.67. The summed E-state index contributed by atoms with van der Waals surface area (Å²) < 4.78 is 0. The monoisotopic (exact) mass is 312 g/mol. The van der Waals surface area contributed by atoms with Crippen molar-refractivity contribution in [2.75, 3.05) is 6.54 Å². The molecule has 2 atom stereocenters. The Kier molecular flexibility index (Phi) is 5.14. The summed E-state index contributed by atoms with van der Waals surface area (Å²) in [5, 5.41) is 23.0. The van der Waals surface area contributed by atoms with Crippen molar-refractivity contribution in [2.24, 2.45) is 5.92 Å². The van der Waals surface area contributed by atoms with Gasteiger partial charge in [-0.2, -0.15) is 0 Å². The van der Waals surface area contributed by atoms with Crippen molar-refractivity contribution in [2.45, 2.75) is 31.8 Å². The number of nitro benzene ring substituents is 1. The number of carbonyl (C=O) groups excluding carboxylic acids is 1. The topological polar surface area (TPSA) is 92.5 Å². The van der Waals surface area contributed by atoms with Crippen LogP contribution in [-0.4, -0.2) is 28.6 Å². The zero-order valence-electron chi connectivity index (χ0n) is 11.4. The molecule has 0 radical (unpaired) electrons. The van der Waals surface area contributed by atoms with Gasteiger partial charge in [-0.3, -0.25) is 14.9 Å². The van der Waals surface area contributed by atoms with Crippen molar-refractivity contribution in [1.82, 2.24) is 5.32 Å². The second-order valence-electron chi connectivity index (χ2n) is 5.29. The summed E-state index contributed by atoms with van der Waals surface area (Å²) in [5.41, 5.74) is -0.181. The van der Waals surface area contributed by atoms with Gasteiger partial charge < -0.3 is 10.4 Å². The Hall–Kier alpha value is -1.66. The minimum Gasteiger partial charge on any atom is -0.393 e. The van der Waals surface area contributed by atoms with Crippen LogP contribution in [0.15, 0.2) is 18.2 Å². The molecule has 114 valence electrons. The predicted molar refractivity (Wildman–Crippen MR) is 78.4 cm³/mol. The number of aliphatic hydroxyl groups is 1. The molecule has 2 unspecified atom stereocenters. The average molecular weight is 313 g/mol. The highest BCUT2D eigenvalue weighted by Crippen LogP contribution is 2.28. The van der Waals surface area contributed by atoms with E-state index in [0.717, 1.165) is 19.3 Å². The number of rotatable bonds is 4. The van der Waals surface area contributed by atoms with Gasteiger partial charge in [0.15, 0.2) is 0 Å². The molecule has 1 aliphatic carbocycles. The van der Waals surface area contributed by atoms with E-state index < -0.39 is 10.8 Å². The number of aliphatic hydroxyl groups excluding tert-OH is 1. The van der Waals surface area contributed by atoms with Crippen LogP contribution in [0.5, 0.6) is 0 Å². The minimum atomic E-state index is -0.614. The fourth-order valence-electron chi connectivity index (χ4n) is 2.62. The van der Waals surface area contributed by atoms with Crippen LogP contribution in [0, 0.1) is 16.0 Å². The number of carbonyl (C=O) groups is 1. The van der Waals surface area contributed by atoms with Gasteiger partial charge in [-0.1, -0.05) is 24.1 Å². The van der Waals surface area contributed by atoms with Crippen molar-refractivity contribution in [3.8, 4) is 0 Å². The molecule has 1 amide bonds. The van der Waals surface area contributed by atoms with Crippen LogP contribution in [0.3, 0.4) is 0 Å². The number of hydrogen-bond acceptors (Lipinski definition) is 4. The molecule has 1 saturated carbocycles. The molecule has 1 aliphatic rings. The highest BCUT2D eigenvalue weighted by molar-refractivity contribution is 6.35. The number of nitro groups is 1. The highest BCUT2D eigenvalue weighted by Gasteiger charge is 2.23. The highest BCUT2D eigenvalue weighted by atomic mass is 35.5. The molecular formula is C14H17ClN2O4. The fourth-order valence-corrected chi connectivity index (χ4v) is 2.90. The van der Waals surface area contributed by atoms with Crippen LogP contribution in [0.4, 0.5) is 5.69 Å². The van der Waals surface area contributed by atoms with Crippen LogP contribution in [0.25, 0.3) is 0 Å². The third-order valence-corrected chi connectivity index (χ3v) is 4.12. The third kappa shape index (κ3) is 3.92. The first-order valence-corrected chi connectivity index (χ1v) is 7.26. The van der Waals surface area contributed by atoms with Gasteiger partial charge in [0, 0.05) is 12.6 Å². The Morgan fingerprint density at radius 3 is 2.90 bits per heavy atom. The molecule has 0 saturated heterocycles. The number of nitrogens with one attached hydrogen (secondary N) is 1. The Bertz CT molecular complexity index is 550. The molecule has 1 aromatic rings. The molecule has 0 aliphatic heterocycles. The van der Waals surface area contributed by atoms with Gasteiger partial charge in [0.05, 0.1) is 16.6 Å². The number of benzene rings is 1. The van der Waals surface area contributed by atoms with Crippen molar-refractivity contribution >= 4 is 23.2 Å². The standard InChI is InChI=1S/C14H17ClN2O4/c15-13-11(5-2-6-12(13)17(20)21)14(19)16-8-9-3-1-4-10(18)7-9/h2,5-6,9-10,18H,1,3-4,7-8H2,(H,16,19). The number of nitrogens with zero attached hydrogens (tertiary/aromatic N) is 1. The van der Waals surface area contributed by atoms with Gasteiger partial charge >= 0.3 is 0 Å². The third-order valence-electron chi connectivity index (χ3n) is 3.73. The summed E-state index contributed by atoms with van der Waals surface area (Å²) in [6.45, 7) is 0.439. The SMILES string of the molecule is O=C(NCC1CCCC(O)C1)c1cccc([N+](=O)[O-])c1Cl. The zero-order chi connectivity index (χ0) is 15.4.